The zero-order valence-electron chi connectivity index (χ0n) is 13.3. The second kappa shape index (κ2) is 6.82. The van der Waals surface area contributed by atoms with Crippen molar-refractivity contribution in [2.75, 3.05) is 18.0 Å². The Morgan fingerprint density at radius 1 is 1.26 bits per heavy atom. The van der Waals surface area contributed by atoms with Crippen LogP contribution >= 0.6 is 0 Å². The van der Waals surface area contributed by atoms with E-state index in [1.807, 2.05) is 0 Å². The Bertz CT molecular complexity index is 701. The molecule has 0 radical (unpaired) electrons. The summed E-state index contributed by atoms with van der Waals surface area (Å²) in [6.07, 6.45) is 1.94. The van der Waals surface area contributed by atoms with Crippen LogP contribution in [0.15, 0.2) is 48.5 Å². The second-order valence-electron chi connectivity index (χ2n) is 6.00. The molecule has 0 aromatic heterocycles. The molecule has 2 aromatic rings. The number of hydrogen-bond donors (Lipinski definition) is 1. The van der Waals surface area contributed by atoms with E-state index in [0.717, 1.165) is 19.4 Å². The number of halogens is 1. The highest BCUT2D eigenvalue weighted by Gasteiger charge is 2.24. The molecule has 1 aliphatic heterocycles. The topological polar surface area (TPSA) is 32.3 Å². The van der Waals surface area contributed by atoms with Crippen molar-refractivity contribution in [2.45, 2.75) is 25.8 Å². The van der Waals surface area contributed by atoms with Gasteiger partial charge in [-0.3, -0.25) is 4.79 Å². The molecule has 0 spiro atoms. The first-order chi connectivity index (χ1) is 11.1. The van der Waals surface area contributed by atoms with Gasteiger partial charge in [-0.1, -0.05) is 24.3 Å². The van der Waals surface area contributed by atoms with E-state index < -0.39 is 0 Å². The number of hydrogen-bond acceptors (Lipinski definition) is 2. The first-order valence-corrected chi connectivity index (χ1v) is 8.03. The summed E-state index contributed by atoms with van der Waals surface area (Å²) in [5, 5.41) is 2.86. The molecule has 1 heterocycles. The van der Waals surface area contributed by atoms with Gasteiger partial charge in [-0.05, 0) is 49.6 Å². The summed E-state index contributed by atoms with van der Waals surface area (Å²) in [5.74, 6) is -0.612. The third-order valence-corrected chi connectivity index (χ3v) is 4.30. The predicted octanol–water partition coefficient (Wildman–Crippen LogP) is 3.40. The van der Waals surface area contributed by atoms with Crippen molar-refractivity contribution in [3.05, 3.63) is 65.5 Å². The molecular formula is C19H21FN2O. The van der Waals surface area contributed by atoms with Gasteiger partial charge in [0.15, 0.2) is 0 Å². The molecule has 0 saturated heterocycles. The quantitative estimate of drug-likeness (QED) is 0.858. The van der Waals surface area contributed by atoms with E-state index in [4.69, 9.17) is 0 Å². The number of carbonyl (C=O) groups excluding carboxylic acids is 1. The van der Waals surface area contributed by atoms with Crippen LogP contribution in [0.1, 0.15) is 29.3 Å². The molecule has 23 heavy (non-hydrogen) atoms. The van der Waals surface area contributed by atoms with E-state index in [2.05, 4.69) is 41.4 Å². The molecule has 1 amide bonds. The van der Waals surface area contributed by atoms with Crippen LogP contribution in [-0.2, 0) is 6.42 Å². The van der Waals surface area contributed by atoms with Gasteiger partial charge in [0.1, 0.15) is 5.82 Å². The number of anilines is 1. The lowest BCUT2D eigenvalue weighted by molar-refractivity contribution is 0.0953. The van der Waals surface area contributed by atoms with E-state index >= 15 is 0 Å². The summed E-state index contributed by atoms with van der Waals surface area (Å²) >= 11 is 0. The highest BCUT2D eigenvalue weighted by Crippen LogP contribution is 2.31. The van der Waals surface area contributed by atoms with Crippen LogP contribution in [0.25, 0.3) is 0 Å². The van der Waals surface area contributed by atoms with E-state index in [9.17, 15) is 9.18 Å². The lowest BCUT2D eigenvalue weighted by atomic mass is 10.1. The SMILES string of the molecule is C[C@@H]1Cc2ccccc2N1CCCNC(=O)c1cccc(F)c1. The number of para-hydroxylation sites is 1. The molecule has 3 rings (SSSR count). The van der Waals surface area contributed by atoms with Gasteiger partial charge in [-0.25, -0.2) is 4.39 Å². The van der Waals surface area contributed by atoms with E-state index in [-0.39, 0.29) is 11.7 Å². The fraction of sp³-hybridized carbons (Fsp3) is 0.316. The van der Waals surface area contributed by atoms with Gasteiger partial charge in [0.2, 0.25) is 0 Å². The van der Waals surface area contributed by atoms with Crippen molar-refractivity contribution in [3.8, 4) is 0 Å². The van der Waals surface area contributed by atoms with Crippen LogP contribution in [0.2, 0.25) is 0 Å². The number of benzene rings is 2. The van der Waals surface area contributed by atoms with E-state index in [0.29, 0.717) is 18.2 Å². The largest absolute Gasteiger partial charge is 0.368 e. The first-order valence-electron chi connectivity index (χ1n) is 8.03. The standard InChI is InChI=1S/C19H21FN2O/c1-14-12-15-6-2-3-9-18(15)22(14)11-5-10-21-19(23)16-7-4-8-17(20)13-16/h2-4,6-9,13-14H,5,10-12H2,1H3,(H,21,23)/t14-/m1/s1. The average Bonchev–Trinajstić information content (AvgIpc) is 2.87. The molecule has 1 atom stereocenters. The van der Waals surface area contributed by atoms with Crippen molar-refractivity contribution >= 4 is 11.6 Å². The van der Waals surface area contributed by atoms with Crippen LogP contribution < -0.4 is 10.2 Å². The van der Waals surface area contributed by atoms with Crippen LogP contribution in [0, 0.1) is 5.82 Å². The van der Waals surface area contributed by atoms with Gasteiger partial charge < -0.3 is 10.2 Å². The number of rotatable bonds is 5. The number of carbonyl (C=O) groups is 1. The fourth-order valence-electron chi connectivity index (χ4n) is 3.15. The molecule has 1 aliphatic rings. The van der Waals surface area contributed by atoms with Crippen molar-refractivity contribution in [1.82, 2.24) is 5.32 Å². The molecule has 0 saturated carbocycles. The van der Waals surface area contributed by atoms with Gasteiger partial charge in [-0.2, -0.15) is 0 Å². The molecule has 0 bridgehead atoms. The van der Waals surface area contributed by atoms with Gasteiger partial charge in [0.05, 0.1) is 0 Å². The van der Waals surface area contributed by atoms with Gasteiger partial charge in [0, 0.05) is 30.4 Å². The number of nitrogens with zero attached hydrogens (tertiary/aromatic N) is 1. The van der Waals surface area contributed by atoms with Crippen molar-refractivity contribution in [1.29, 1.82) is 0 Å². The normalized spacial score (nSPS) is 16.3. The lowest BCUT2D eigenvalue weighted by Gasteiger charge is -2.24. The maximum atomic E-state index is 13.1. The summed E-state index contributed by atoms with van der Waals surface area (Å²) in [6, 6.07) is 14.7. The van der Waals surface area contributed by atoms with Crippen LogP contribution in [0.3, 0.4) is 0 Å². The highest BCUT2D eigenvalue weighted by atomic mass is 19.1. The number of nitrogens with one attached hydrogen (secondary N) is 1. The third-order valence-electron chi connectivity index (χ3n) is 4.30. The molecule has 2 aromatic carbocycles. The Morgan fingerprint density at radius 2 is 2.09 bits per heavy atom. The van der Waals surface area contributed by atoms with Gasteiger partial charge in [0.25, 0.3) is 5.91 Å². The number of amides is 1. The Kier molecular flexibility index (Phi) is 4.60. The van der Waals surface area contributed by atoms with Crippen molar-refractivity contribution in [2.24, 2.45) is 0 Å². The van der Waals surface area contributed by atoms with Crippen LogP contribution in [0.5, 0.6) is 0 Å². The molecule has 1 N–H and O–H groups in total. The van der Waals surface area contributed by atoms with Crippen molar-refractivity contribution < 1.29 is 9.18 Å². The summed E-state index contributed by atoms with van der Waals surface area (Å²) < 4.78 is 13.1. The smallest absolute Gasteiger partial charge is 0.251 e. The maximum Gasteiger partial charge on any atom is 0.251 e. The molecule has 0 fully saturated rings. The zero-order valence-corrected chi connectivity index (χ0v) is 13.3. The molecule has 4 heteroatoms. The van der Waals surface area contributed by atoms with Crippen LogP contribution in [-0.4, -0.2) is 25.0 Å². The second-order valence-corrected chi connectivity index (χ2v) is 6.00. The molecule has 0 aliphatic carbocycles. The Morgan fingerprint density at radius 3 is 2.91 bits per heavy atom. The Balaban J connectivity index is 1.50. The monoisotopic (exact) mass is 312 g/mol. The third kappa shape index (κ3) is 3.52. The molecular weight excluding hydrogens is 291 g/mol. The van der Waals surface area contributed by atoms with Crippen molar-refractivity contribution in [3.63, 3.8) is 0 Å². The van der Waals surface area contributed by atoms with E-state index in [1.54, 1.807) is 12.1 Å². The minimum absolute atomic E-state index is 0.223. The lowest BCUT2D eigenvalue weighted by Crippen LogP contribution is -2.33. The Labute approximate surface area is 136 Å². The zero-order chi connectivity index (χ0) is 16.2. The molecule has 3 nitrogen and oxygen atoms in total. The highest BCUT2D eigenvalue weighted by molar-refractivity contribution is 5.94. The van der Waals surface area contributed by atoms with Gasteiger partial charge >= 0.3 is 0 Å². The predicted molar refractivity (Wildman–Crippen MR) is 90.3 cm³/mol. The van der Waals surface area contributed by atoms with Crippen LogP contribution in [0.4, 0.5) is 10.1 Å². The summed E-state index contributed by atoms with van der Waals surface area (Å²) in [5.41, 5.74) is 3.06. The minimum Gasteiger partial charge on any atom is -0.368 e. The first kappa shape index (κ1) is 15.5. The minimum atomic E-state index is -0.389. The van der Waals surface area contributed by atoms with E-state index in [1.165, 1.54) is 23.4 Å². The molecule has 120 valence electrons. The Hall–Kier alpha value is -2.36. The fourth-order valence-corrected chi connectivity index (χ4v) is 3.15. The summed E-state index contributed by atoms with van der Waals surface area (Å²) in [7, 11) is 0. The van der Waals surface area contributed by atoms with Gasteiger partial charge in [-0.15, -0.1) is 0 Å². The maximum absolute atomic E-state index is 13.1. The molecule has 0 unspecified atom stereocenters. The average molecular weight is 312 g/mol. The summed E-state index contributed by atoms with van der Waals surface area (Å²) in [4.78, 5) is 14.4. The summed E-state index contributed by atoms with van der Waals surface area (Å²) in [6.45, 7) is 3.72. The number of fused-ring (bicyclic) bond motifs is 1.